The molecule has 0 fully saturated rings. The summed E-state index contributed by atoms with van der Waals surface area (Å²) in [6.45, 7) is 1.93. The molecule has 2 heterocycles. The van der Waals surface area contributed by atoms with Gasteiger partial charge in [-0.05, 0) is 35.0 Å². The van der Waals surface area contributed by atoms with Crippen molar-refractivity contribution in [1.82, 2.24) is 14.8 Å². The van der Waals surface area contributed by atoms with Gasteiger partial charge in [0.2, 0.25) is 0 Å². The van der Waals surface area contributed by atoms with E-state index >= 15 is 0 Å². The Kier molecular flexibility index (Phi) is 4.44. The van der Waals surface area contributed by atoms with Crippen molar-refractivity contribution in [2.45, 2.75) is 6.92 Å². The minimum absolute atomic E-state index is 0.0796. The van der Waals surface area contributed by atoms with Crippen LogP contribution in [0, 0.1) is 0 Å². The molecule has 2 rings (SSSR count). The number of aromatic nitrogens is 3. The second-order valence-electron chi connectivity index (χ2n) is 3.39. The van der Waals surface area contributed by atoms with E-state index in [-0.39, 0.29) is 17.3 Å². The topological polar surface area (TPSA) is 57.0 Å². The second kappa shape index (κ2) is 5.90. The van der Waals surface area contributed by atoms with E-state index in [1.807, 2.05) is 0 Å². The lowest BCUT2D eigenvalue weighted by atomic mass is 10.4. The number of carbonyl (C=O) groups is 1. The molecule has 19 heavy (non-hydrogen) atoms. The van der Waals surface area contributed by atoms with Crippen LogP contribution in [0.3, 0.4) is 0 Å². The van der Waals surface area contributed by atoms with Crippen LogP contribution in [0.15, 0.2) is 22.9 Å². The predicted molar refractivity (Wildman–Crippen MR) is 75.0 cm³/mol. The number of rotatable bonds is 3. The molecule has 0 aliphatic rings. The average Bonchev–Trinajstić information content (AvgIpc) is 2.66. The lowest BCUT2D eigenvalue weighted by Gasteiger charge is -2.07. The molecule has 0 radical (unpaired) electrons. The van der Waals surface area contributed by atoms with Crippen molar-refractivity contribution in [2.24, 2.45) is 0 Å². The van der Waals surface area contributed by atoms with Gasteiger partial charge in [0.1, 0.15) is 9.63 Å². The van der Waals surface area contributed by atoms with Crippen LogP contribution < -0.4 is 0 Å². The van der Waals surface area contributed by atoms with E-state index in [2.05, 4.69) is 26.0 Å². The zero-order chi connectivity index (χ0) is 14.0. The van der Waals surface area contributed by atoms with Gasteiger partial charge >= 0.3 is 5.97 Å². The first-order valence-corrected chi connectivity index (χ1v) is 6.83. The maximum Gasteiger partial charge on any atom is 0.358 e. The minimum Gasteiger partial charge on any atom is -0.461 e. The zero-order valence-corrected chi connectivity index (χ0v) is 12.8. The van der Waals surface area contributed by atoms with Crippen LogP contribution in [0.1, 0.15) is 17.4 Å². The van der Waals surface area contributed by atoms with Gasteiger partial charge in [0, 0.05) is 6.20 Å². The monoisotopic (exact) mass is 363 g/mol. The molecule has 0 unspecified atom stereocenters. The Balaban J connectivity index is 2.61. The van der Waals surface area contributed by atoms with Crippen molar-refractivity contribution in [3.8, 4) is 5.82 Å². The molecule has 8 heteroatoms. The molecular formula is C11H8BrCl2N3O2. The quantitative estimate of drug-likeness (QED) is 0.782. The molecule has 0 aliphatic carbocycles. The zero-order valence-electron chi connectivity index (χ0n) is 9.73. The standard InChI is InChI=1S/C11H8BrCl2N3O2/c1-2-19-11(18)8-7(14)9(12)16-17(8)10-6(13)4-3-5-15-10/h3-5H,2H2,1H3. The van der Waals surface area contributed by atoms with Crippen LogP contribution in [0.4, 0.5) is 0 Å². The predicted octanol–water partition coefficient (Wildman–Crippen LogP) is 3.51. The summed E-state index contributed by atoms with van der Waals surface area (Å²) < 4.78 is 6.52. The molecule has 0 amide bonds. The maximum atomic E-state index is 11.9. The van der Waals surface area contributed by atoms with Crippen LogP contribution in [-0.2, 0) is 4.74 Å². The third-order valence-corrected chi connectivity index (χ3v) is 3.63. The maximum absolute atomic E-state index is 11.9. The van der Waals surface area contributed by atoms with Crippen molar-refractivity contribution >= 4 is 45.1 Å². The number of halogens is 3. The van der Waals surface area contributed by atoms with Gasteiger partial charge in [-0.25, -0.2) is 14.5 Å². The summed E-state index contributed by atoms with van der Waals surface area (Å²) in [6.07, 6.45) is 1.54. The van der Waals surface area contributed by atoms with Crippen LogP contribution in [0.5, 0.6) is 0 Å². The number of ether oxygens (including phenoxy) is 1. The Morgan fingerprint density at radius 2 is 2.26 bits per heavy atom. The van der Waals surface area contributed by atoms with E-state index in [1.54, 1.807) is 25.3 Å². The number of esters is 1. The number of carbonyl (C=O) groups excluding carboxylic acids is 1. The Hall–Kier alpha value is -1.11. The van der Waals surface area contributed by atoms with Crippen molar-refractivity contribution in [1.29, 1.82) is 0 Å². The lowest BCUT2D eigenvalue weighted by molar-refractivity contribution is 0.0516. The number of pyridine rings is 1. The summed E-state index contributed by atoms with van der Waals surface area (Å²) in [5.41, 5.74) is 0.0796. The molecule has 0 atom stereocenters. The van der Waals surface area contributed by atoms with Gasteiger partial charge in [0.05, 0.1) is 11.6 Å². The molecule has 2 aromatic heterocycles. The Morgan fingerprint density at radius 3 is 2.89 bits per heavy atom. The fourth-order valence-electron chi connectivity index (χ4n) is 1.43. The summed E-state index contributed by atoms with van der Waals surface area (Å²) in [6, 6.07) is 3.32. The fourth-order valence-corrected chi connectivity index (χ4v) is 2.18. The van der Waals surface area contributed by atoms with Crippen molar-refractivity contribution in [3.05, 3.63) is 38.7 Å². The molecule has 0 aromatic carbocycles. The molecule has 100 valence electrons. The summed E-state index contributed by atoms with van der Waals surface area (Å²) >= 11 is 15.3. The van der Waals surface area contributed by atoms with Gasteiger partial charge in [-0.3, -0.25) is 0 Å². The lowest BCUT2D eigenvalue weighted by Crippen LogP contribution is -2.13. The third kappa shape index (κ3) is 2.75. The van der Waals surface area contributed by atoms with E-state index < -0.39 is 5.97 Å². The summed E-state index contributed by atoms with van der Waals surface area (Å²) in [5, 5.41) is 4.60. The van der Waals surface area contributed by atoms with Crippen LogP contribution >= 0.6 is 39.1 Å². The highest BCUT2D eigenvalue weighted by molar-refractivity contribution is 9.10. The highest BCUT2D eigenvalue weighted by Crippen LogP contribution is 2.29. The minimum atomic E-state index is -0.590. The van der Waals surface area contributed by atoms with Crippen molar-refractivity contribution < 1.29 is 9.53 Å². The molecule has 0 N–H and O–H groups in total. The van der Waals surface area contributed by atoms with E-state index in [1.165, 1.54) is 4.68 Å². The summed E-state index contributed by atoms with van der Waals surface area (Å²) in [4.78, 5) is 16.0. The molecule has 0 saturated carbocycles. The first-order valence-electron chi connectivity index (χ1n) is 5.28. The first-order chi connectivity index (χ1) is 9.06. The van der Waals surface area contributed by atoms with Gasteiger partial charge in [0.25, 0.3) is 0 Å². The van der Waals surface area contributed by atoms with E-state index in [9.17, 15) is 4.79 Å². The third-order valence-electron chi connectivity index (χ3n) is 2.20. The van der Waals surface area contributed by atoms with Gasteiger partial charge < -0.3 is 4.74 Å². The van der Waals surface area contributed by atoms with Gasteiger partial charge in [-0.15, -0.1) is 0 Å². The van der Waals surface area contributed by atoms with E-state index in [0.717, 1.165) is 0 Å². The Bertz CT molecular complexity index is 630. The smallest absolute Gasteiger partial charge is 0.358 e. The largest absolute Gasteiger partial charge is 0.461 e. The molecular weight excluding hydrogens is 357 g/mol. The fraction of sp³-hybridized carbons (Fsp3) is 0.182. The van der Waals surface area contributed by atoms with Crippen molar-refractivity contribution in [2.75, 3.05) is 6.61 Å². The highest BCUT2D eigenvalue weighted by atomic mass is 79.9. The van der Waals surface area contributed by atoms with Crippen LogP contribution in [0.2, 0.25) is 10.0 Å². The summed E-state index contributed by atoms with van der Waals surface area (Å²) in [7, 11) is 0. The molecule has 0 spiro atoms. The molecule has 2 aromatic rings. The second-order valence-corrected chi connectivity index (χ2v) is 4.93. The highest BCUT2D eigenvalue weighted by Gasteiger charge is 2.25. The van der Waals surface area contributed by atoms with E-state index in [4.69, 9.17) is 27.9 Å². The number of nitrogens with zero attached hydrogens (tertiary/aromatic N) is 3. The molecule has 0 aliphatic heterocycles. The van der Waals surface area contributed by atoms with Gasteiger partial charge in [-0.2, -0.15) is 5.10 Å². The van der Waals surface area contributed by atoms with E-state index in [0.29, 0.717) is 15.4 Å². The first kappa shape index (κ1) is 14.3. The molecule has 0 saturated heterocycles. The number of hydrogen-bond acceptors (Lipinski definition) is 4. The Labute approximate surface area is 127 Å². The average molecular weight is 365 g/mol. The SMILES string of the molecule is CCOC(=O)c1c(Cl)c(Br)nn1-c1ncccc1Cl. The Morgan fingerprint density at radius 1 is 1.53 bits per heavy atom. The van der Waals surface area contributed by atoms with Gasteiger partial charge in [0.15, 0.2) is 11.5 Å². The molecule has 0 bridgehead atoms. The van der Waals surface area contributed by atoms with Crippen molar-refractivity contribution in [3.63, 3.8) is 0 Å². The summed E-state index contributed by atoms with van der Waals surface area (Å²) in [5.74, 6) is -0.285. The van der Waals surface area contributed by atoms with Crippen LogP contribution in [0.25, 0.3) is 5.82 Å². The normalized spacial score (nSPS) is 10.5. The number of hydrogen-bond donors (Lipinski definition) is 0. The molecule has 5 nitrogen and oxygen atoms in total. The van der Waals surface area contributed by atoms with Crippen LogP contribution in [-0.4, -0.2) is 27.3 Å². The van der Waals surface area contributed by atoms with Gasteiger partial charge in [-0.1, -0.05) is 23.2 Å².